The van der Waals surface area contributed by atoms with Gasteiger partial charge < -0.3 is 19.5 Å². The van der Waals surface area contributed by atoms with Crippen LogP contribution in [0.1, 0.15) is 52.2 Å². The second-order valence-electron chi connectivity index (χ2n) is 9.97. The van der Waals surface area contributed by atoms with Crippen molar-refractivity contribution in [3.8, 4) is 28.2 Å². The molecule has 0 bridgehead atoms. The van der Waals surface area contributed by atoms with E-state index in [4.69, 9.17) is 9.26 Å². The molecule has 5 rings (SSSR count). The summed E-state index contributed by atoms with van der Waals surface area (Å²) in [6.45, 7) is 9.00. The fraction of sp³-hybridized carbons (Fsp3) is 0.312. The number of likely N-dealkylation sites (N-methyl/N-ethyl adjacent to an activating group) is 1. The fourth-order valence-electron chi connectivity index (χ4n) is 5.13. The first-order valence-electron chi connectivity index (χ1n) is 13.4. The summed E-state index contributed by atoms with van der Waals surface area (Å²) in [6.07, 6.45) is 1.84. The number of hydrogen-bond acceptors (Lipinski definition) is 5. The van der Waals surface area contributed by atoms with E-state index in [1.54, 1.807) is 0 Å². The molecule has 0 fully saturated rings. The zero-order valence-electron chi connectivity index (χ0n) is 22.6. The van der Waals surface area contributed by atoms with Gasteiger partial charge in [0.15, 0.2) is 11.5 Å². The van der Waals surface area contributed by atoms with Gasteiger partial charge in [0.05, 0.1) is 11.1 Å². The summed E-state index contributed by atoms with van der Waals surface area (Å²) in [6, 6.07) is 20.7. The van der Waals surface area contributed by atoms with Crippen LogP contribution in [0, 0.1) is 6.92 Å². The third-order valence-electron chi connectivity index (χ3n) is 7.24. The lowest BCUT2D eigenvalue weighted by molar-refractivity contribution is 0.0947. The number of hydrogen-bond donors (Lipinski definition) is 1. The standard InChI is InChI=1S/C32H35N3O3/c1-5-23-18-27(28(16-21(23)3)37-20-22-10-8-7-9-11-22)31-29(30(34-38-31)32(36)33-6-2)25-12-13-26-19-35(4)15-14-24(26)17-25/h7-13,16-18H,5-6,14-15,19-20H2,1-4H3,(H,33,36). The second kappa shape index (κ2) is 11.2. The van der Waals surface area contributed by atoms with E-state index in [-0.39, 0.29) is 5.91 Å². The van der Waals surface area contributed by atoms with Crippen molar-refractivity contribution in [1.82, 2.24) is 15.4 Å². The Bertz CT molecular complexity index is 1440. The number of aromatic nitrogens is 1. The highest BCUT2D eigenvalue weighted by molar-refractivity contribution is 6.02. The van der Waals surface area contributed by atoms with E-state index >= 15 is 0 Å². The summed E-state index contributed by atoms with van der Waals surface area (Å²) < 4.78 is 12.4. The lowest BCUT2D eigenvalue weighted by atomic mass is 9.91. The zero-order chi connectivity index (χ0) is 26.6. The number of nitrogens with one attached hydrogen (secondary N) is 1. The highest BCUT2D eigenvalue weighted by atomic mass is 16.5. The van der Waals surface area contributed by atoms with Gasteiger partial charge in [-0.2, -0.15) is 0 Å². The monoisotopic (exact) mass is 509 g/mol. The molecule has 0 unspecified atom stereocenters. The number of fused-ring (bicyclic) bond motifs is 1. The molecule has 0 atom stereocenters. The van der Waals surface area contributed by atoms with Crippen molar-refractivity contribution in [2.24, 2.45) is 0 Å². The van der Waals surface area contributed by atoms with Crippen LogP contribution in [0.15, 0.2) is 65.2 Å². The summed E-state index contributed by atoms with van der Waals surface area (Å²) in [5.74, 6) is 1.02. The number of ether oxygens (including phenoxy) is 1. The number of rotatable bonds is 8. The van der Waals surface area contributed by atoms with E-state index in [2.05, 4.69) is 66.6 Å². The predicted molar refractivity (Wildman–Crippen MR) is 150 cm³/mol. The van der Waals surface area contributed by atoms with Crippen LogP contribution in [0.4, 0.5) is 0 Å². The molecule has 6 heteroatoms. The lowest BCUT2D eigenvalue weighted by Gasteiger charge is -2.25. The molecule has 3 aromatic carbocycles. The number of benzene rings is 3. The maximum Gasteiger partial charge on any atom is 0.274 e. The van der Waals surface area contributed by atoms with Gasteiger partial charge in [0.25, 0.3) is 5.91 Å². The van der Waals surface area contributed by atoms with Crippen molar-refractivity contribution in [2.75, 3.05) is 20.1 Å². The molecule has 0 spiro atoms. The van der Waals surface area contributed by atoms with Gasteiger partial charge >= 0.3 is 0 Å². The Kier molecular flexibility index (Phi) is 7.61. The summed E-state index contributed by atoms with van der Waals surface area (Å²) in [7, 11) is 2.14. The summed E-state index contributed by atoms with van der Waals surface area (Å²) in [4.78, 5) is 15.4. The van der Waals surface area contributed by atoms with Crippen LogP contribution in [-0.2, 0) is 26.0 Å². The minimum atomic E-state index is -0.246. The minimum Gasteiger partial charge on any atom is -0.488 e. The molecule has 1 N–H and O–H groups in total. The van der Waals surface area contributed by atoms with Gasteiger partial charge in [-0.25, -0.2) is 0 Å². The van der Waals surface area contributed by atoms with Crippen LogP contribution >= 0.6 is 0 Å². The van der Waals surface area contributed by atoms with Crippen LogP contribution in [0.5, 0.6) is 5.75 Å². The van der Waals surface area contributed by atoms with Crippen molar-refractivity contribution < 1.29 is 14.1 Å². The Hall–Kier alpha value is -3.90. The molecule has 1 aromatic heterocycles. The first kappa shape index (κ1) is 25.7. The Balaban J connectivity index is 1.65. The summed E-state index contributed by atoms with van der Waals surface area (Å²) in [5, 5.41) is 7.20. The van der Waals surface area contributed by atoms with Crippen molar-refractivity contribution in [3.63, 3.8) is 0 Å². The molecular weight excluding hydrogens is 474 g/mol. The molecule has 0 saturated heterocycles. The van der Waals surface area contributed by atoms with E-state index in [1.807, 2.05) is 37.3 Å². The number of carbonyl (C=O) groups is 1. The van der Waals surface area contributed by atoms with Crippen LogP contribution in [0.25, 0.3) is 22.5 Å². The Labute approximate surface area is 224 Å². The van der Waals surface area contributed by atoms with Crippen molar-refractivity contribution in [3.05, 3.63) is 94.2 Å². The molecule has 1 amide bonds. The third kappa shape index (κ3) is 5.22. The van der Waals surface area contributed by atoms with Crippen molar-refractivity contribution >= 4 is 5.91 Å². The first-order chi connectivity index (χ1) is 18.5. The highest BCUT2D eigenvalue weighted by Crippen LogP contribution is 2.42. The van der Waals surface area contributed by atoms with E-state index in [1.165, 1.54) is 16.7 Å². The Morgan fingerprint density at radius 2 is 1.89 bits per heavy atom. The van der Waals surface area contributed by atoms with Gasteiger partial charge in [-0.3, -0.25) is 4.79 Å². The predicted octanol–water partition coefficient (Wildman–Crippen LogP) is 6.20. The van der Waals surface area contributed by atoms with Gasteiger partial charge in [-0.15, -0.1) is 0 Å². The molecule has 196 valence electrons. The maximum absolute atomic E-state index is 13.1. The van der Waals surface area contributed by atoms with E-state index < -0.39 is 0 Å². The number of aryl methyl sites for hydroxylation is 2. The molecule has 2 heterocycles. The largest absolute Gasteiger partial charge is 0.488 e. The highest BCUT2D eigenvalue weighted by Gasteiger charge is 2.27. The zero-order valence-corrected chi connectivity index (χ0v) is 22.6. The summed E-state index contributed by atoms with van der Waals surface area (Å²) >= 11 is 0. The van der Waals surface area contributed by atoms with Crippen LogP contribution < -0.4 is 10.1 Å². The summed E-state index contributed by atoms with van der Waals surface area (Å²) in [5.41, 5.74) is 8.78. The SMILES string of the molecule is CCNC(=O)c1noc(-c2cc(CC)c(C)cc2OCc2ccccc2)c1-c1ccc2c(c1)CCN(C)C2. The number of nitrogens with zero attached hydrogens (tertiary/aromatic N) is 2. The van der Waals surface area contributed by atoms with E-state index in [0.29, 0.717) is 35.9 Å². The van der Waals surface area contributed by atoms with E-state index in [0.717, 1.165) is 48.2 Å². The molecule has 1 aliphatic rings. The van der Waals surface area contributed by atoms with Gasteiger partial charge in [0, 0.05) is 19.6 Å². The lowest BCUT2D eigenvalue weighted by Crippen LogP contribution is -2.26. The third-order valence-corrected chi connectivity index (χ3v) is 7.24. The Morgan fingerprint density at radius 3 is 2.66 bits per heavy atom. The van der Waals surface area contributed by atoms with E-state index in [9.17, 15) is 4.79 Å². The van der Waals surface area contributed by atoms with Gasteiger partial charge in [0.2, 0.25) is 0 Å². The fourth-order valence-corrected chi connectivity index (χ4v) is 5.13. The molecule has 0 radical (unpaired) electrons. The number of carbonyl (C=O) groups excluding carboxylic acids is 1. The normalized spacial score (nSPS) is 13.3. The Morgan fingerprint density at radius 1 is 1.08 bits per heavy atom. The molecule has 38 heavy (non-hydrogen) atoms. The van der Waals surface area contributed by atoms with Crippen LogP contribution in [0.3, 0.4) is 0 Å². The maximum atomic E-state index is 13.1. The topological polar surface area (TPSA) is 67.6 Å². The minimum absolute atomic E-state index is 0.246. The second-order valence-corrected chi connectivity index (χ2v) is 9.97. The number of amides is 1. The molecule has 1 aliphatic heterocycles. The van der Waals surface area contributed by atoms with Crippen molar-refractivity contribution in [1.29, 1.82) is 0 Å². The quantitative estimate of drug-likeness (QED) is 0.306. The molecular formula is C32H35N3O3. The van der Waals surface area contributed by atoms with Gasteiger partial charge in [0.1, 0.15) is 12.4 Å². The van der Waals surface area contributed by atoms with Gasteiger partial charge in [-0.1, -0.05) is 60.6 Å². The van der Waals surface area contributed by atoms with Gasteiger partial charge in [-0.05, 0) is 79.3 Å². The average Bonchev–Trinajstić information content (AvgIpc) is 3.37. The molecule has 0 aliphatic carbocycles. The van der Waals surface area contributed by atoms with Crippen molar-refractivity contribution in [2.45, 2.75) is 46.8 Å². The smallest absolute Gasteiger partial charge is 0.274 e. The molecule has 6 nitrogen and oxygen atoms in total. The molecule has 4 aromatic rings. The van der Waals surface area contributed by atoms with Crippen LogP contribution in [-0.4, -0.2) is 36.1 Å². The average molecular weight is 510 g/mol. The van der Waals surface area contributed by atoms with Crippen LogP contribution in [0.2, 0.25) is 0 Å². The molecule has 0 saturated carbocycles. The first-order valence-corrected chi connectivity index (χ1v) is 13.4.